The van der Waals surface area contributed by atoms with Crippen LogP contribution in [0, 0.1) is 27.7 Å². The smallest absolute Gasteiger partial charge is 0.406 e. The summed E-state index contributed by atoms with van der Waals surface area (Å²) in [7, 11) is -0.122. The van der Waals surface area contributed by atoms with Gasteiger partial charge >= 0.3 is 25.4 Å². The normalized spacial score (nSPS) is 12.2. The molecule has 8 aromatic carbocycles. The van der Waals surface area contributed by atoms with Crippen molar-refractivity contribution in [3.8, 4) is 23.0 Å². The van der Waals surface area contributed by atoms with E-state index in [9.17, 15) is 52.7 Å². The first-order chi connectivity index (χ1) is 35.2. The molecule has 8 rings (SSSR count). The predicted molar refractivity (Wildman–Crippen MR) is 268 cm³/mol. The van der Waals surface area contributed by atoms with Crippen molar-refractivity contribution >= 4 is 50.7 Å². The molecule has 0 N–H and O–H groups in total. The van der Waals surface area contributed by atoms with Crippen LogP contribution in [0.15, 0.2) is 213 Å². The molecule has 0 atom stereocenters. The summed E-state index contributed by atoms with van der Waals surface area (Å²) < 4.78 is 170. The van der Waals surface area contributed by atoms with Crippen LogP contribution >= 0.6 is 11.8 Å². The van der Waals surface area contributed by atoms with Crippen LogP contribution in [0.5, 0.6) is 23.0 Å². The Hall–Kier alpha value is -7.12. The summed E-state index contributed by atoms with van der Waals surface area (Å²) in [6.07, 6.45) is -23.0. The Kier molecular flexibility index (Phi) is 16.9. The third kappa shape index (κ3) is 15.0. The highest BCUT2D eigenvalue weighted by Crippen LogP contribution is 2.38. The summed E-state index contributed by atoms with van der Waals surface area (Å²) in [5, 5.41) is 0. The molecule has 0 aliphatic carbocycles. The number of benzene rings is 8. The molecule has 390 valence electrons. The molecule has 4 nitrogen and oxygen atoms in total. The average Bonchev–Trinajstić information content (AvgIpc) is 3.32. The van der Waals surface area contributed by atoms with Crippen molar-refractivity contribution in [3.63, 3.8) is 0 Å². The highest BCUT2D eigenvalue weighted by molar-refractivity contribution is 7.99. The Labute approximate surface area is 431 Å². The number of ether oxygens (including phenoxy) is 4. The monoisotopic (exact) mass is 1080 g/mol. The lowest BCUT2D eigenvalue weighted by molar-refractivity contribution is -0.275. The van der Waals surface area contributed by atoms with Gasteiger partial charge in [0.2, 0.25) is 0 Å². The molecular weight excluding hydrogens is 1040 g/mol. The van der Waals surface area contributed by atoms with E-state index in [2.05, 4.69) is 138 Å². The quantitative estimate of drug-likeness (QED) is 0.0653. The fraction of sp³-hybridized carbons (Fsp3) is 0.143. The predicted octanol–water partition coefficient (Wildman–Crippen LogP) is 14.8. The Bertz CT molecular complexity index is 2850. The molecule has 0 aliphatic rings. The van der Waals surface area contributed by atoms with Gasteiger partial charge in [-0.2, -0.15) is 21.9 Å². The molecule has 0 saturated heterocycles. The Morgan fingerprint density at radius 1 is 0.347 bits per heavy atom. The maximum absolute atomic E-state index is 12.8. The molecule has 0 heterocycles. The molecule has 75 heavy (non-hydrogen) atoms. The zero-order valence-corrected chi connectivity index (χ0v) is 41.6. The Morgan fingerprint density at radius 2 is 0.640 bits per heavy atom. The van der Waals surface area contributed by atoms with E-state index in [0.29, 0.717) is 0 Å². The summed E-state index contributed by atoms with van der Waals surface area (Å²) in [5.41, 5.74) is 5.90. The lowest BCUT2D eigenvalue weighted by Gasteiger charge is -2.44. The van der Waals surface area contributed by atoms with Gasteiger partial charge in [-0.25, -0.2) is 0 Å². The molecule has 0 aliphatic heterocycles. The van der Waals surface area contributed by atoms with Gasteiger partial charge in [-0.3, -0.25) is 0 Å². The summed E-state index contributed by atoms with van der Waals surface area (Å²) in [5.74, 6) is -2.64. The number of aryl methyl sites for hydroxylation is 4. The maximum Gasteiger partial charge on any atom is 0.573 e. The third-order valence-corrected chi connectivity index (χ3v) is 15.1. The highest BCUT2D eigenvalue weighted by Gasteiger charge is 2.37. The first-order valence-electron chi connectivity index (χ1n) is 22.6. The van der Waals surface area contributed by atoms with E-state index in [-0.39, 0.29) is 32.7 Å². The van der Waals surface area contributed by atoms with Crippen LogP contribution in [0.4, 0.5) is 52.7 Å². The van der Waals surface area contributed by atoms with Gasteiger partial charge < -0.3 is 18.9 Å². The summed E-state index contributed by atoms with van der Waals surface area (Å²) in [4.78, 5) is 6.76. The van der Waals surface area contributed by atoms with Gasteiger partial charge in [0.15, 0.2) is 14.7 Å². The first-order valence-corrected chi connectivity index (χ1v) is 24.6. The second-order valence-corrected chi connectivity index (χ2v) is 20.2. The topological polar surface area (TPSA) is 36.9 Å². The lowest BCUT2D eigenvalue weighted by atomic mass is 9.13. The third-order valence-electron chi connectivity index (χ3n) is 11.6. The van der Waals surface area contributed by atoms with E-state index < -0.39 is 54.6 Å². The summed E-state index contributed by atoms with van der Waals surface area (Å²) >= 11 is 1.81. The zero-order chi connectivity index (χ0) is 54.3. The van der Waals surface area contributed by atoms with E-state index in [4.69, 9.17) is 0 Å². The van der Waals surface area contributed by atoms with Crippen molar-refractivity contribution in [1.29, 1.82) is 0 Å². The molecule has 0 bridgehead atoms. The number of alkyl halides is 12. The number of hydrogen-bond acceptors (Lipinski definition) is 5. The van der Waals surface area contributed by atoms with E-state index in [1.54, 1.807) is 0 Å². The standard InChI is InChI=1S/C28H16BF12O4.C28H27S2/c30-25(31,32)42-21-9-1-17(2-10-21)29(18-3-11-22(12-4-18)43-26(33,34)35,19-5-13-23(14-6-19)44-27(36,37)38)20-7-15-24(16-8-20)45-28(39,40)41;1-20-10-12-22(3)27(18-20)30(28-19-21(2)11-13-23(28)4)26-16-14-25(15-17-26)29-24-8-6-5-7-9-24/h1-16H;5-19H,1-4H3/q-1;+1. The molecule has 0 aromatic heterocycles. The number of rotatable bonds is 13. The molecule has 0 radical (unpaired) electrons. The van der Waals surface area contributed by atoms with E-state index in [0.717, 1.165) is 48.5 Å². The maximum atomic E-state index is 12.8. The molecule has 8 aromatic rings. The molecular formula is C56H43BF12O4S2. The van der Waals surface area contributed by atoms with E-state index >= 15 is 0 Å². The minimum Gasteiger partial charge on any atom is -0.406 e. The number of hydrogen-bond donors (Lipinski definition) is 0. The minimum atomic E-state index is -5.07. The van der Waals surface area contributed by atoms with Crippen molar-refractivity contribution in [2.75, 3.05) is 0 Å². The van der Waals surface area contributed by atoms with Crippen LogP contribution in [0.3, 0.4) is 0 Å². The minimum absolute atomic E-state index is 0.122. The molecule has 0 fully saturated rings. The molecule has 19 heteroatoms. The van der Waals surface area contributed by atoms with Gasteiger partial charge in [0.25, 0.3) is 0 Å². The van der Waals surface area contributed by atoms with Crippen molar-refractivity contribution in [2.45, 2.75) is 77.6 Å². The fourth-order valence-corrected chi connectivity index (χ4v) is 11.9. The zero-order valence-electron chi connectivity index (χ0n) is 40.0. The summed E-state index contributed by atoms with van der Waals surface area (Å²) in [6.45, 7) is 8.85. The SMILES string of the molecule is Cc1ccc(C)c([S+](c2ccc(Sc3ccccc3)cc2)c2cc(C)ccc2C)c1.FC(F)(F)Oc1ccc([B-](c2ccc(OC(F)(F)F)cc2)(c2ccc(OC(F)(F)F)cc2)c2ccc(OC(F)(F)F)cc2)cc1. The molecule has 0 saturated carbocycles. The number of halogens is 12. The second kappa shape index (κ2) is 22.8. The van der Waals surface area contributed by atoms with E-state index in [1.807, 2.05) is 11.8 Å². The van der Waals surface area contributed by atoms with Crippen molar-refractivity contribution in [2.24, 2.45) is 0 Å². The van der Waals surface area contributed by atoms with Gasteiger partial charge in [0.1, 0.15) is 29.1 Å². The molecule has 0 amide bonds. The largest absolute Gasteiger partial charge is 0.573 e. The van der Waals surface area contributed by atoms with Gasteiger partial charge in [-0.15, -0.1) is 52.7 Å². The fourth-order valence-electron chi connectivity index (χ4n) is 8.48. The van der Waals surface area contributed by atoms with Crippen LogP contribution in [0.1, 0.15) is 22.3 Å². The van der Waals surface area contributed by atoms with E-state index in [1.165, 1.54) is 95.3 Å². The van der Waals surface area contributed by atoms with Crippen LogP contribution in [0.2, 0.25) is 0 Å². The molecule has 0 unspecified atom stereocenters. The van der Waals surface area contributed by atoms with Gasteiger partial charge in [0.05, 0.1) is 10.9 Å². The lowest BCUT2D eigenvalue weighted by Crippen LogP contribution is -2.74. The van der Waals surface area contributed by atoms with Crippen molar-refractivity contribution in [3.05, 3.63) is 210 Å². The average molecular weight is 1080 g/mol. The first kappa shape index (κ1) is 55.6. The van der Waals surface area contributed by atoms with Gasteiger partial charge in [-0.1, -0.05) is 103 Å². The Morgan fingerprint density at radius 3 is 0.933 bits per heavy atom. The molecule has 0 spiro atoms. The van der Waals surface area contributed by atoms with Crippen LogP contribution in [-0.4, -0.2) is 31.6 Å². The van der Waals surface area contributed by atoms with Crippen molar-refractivity contribution in [1.82, 2.24) is 0 Å². The van der Waals surface area contributed by atoms with Crippen LogP contribution in [0.25, 0.3) is 0 Å². The highest BCUT2D eigenvalue weighted by atomic mass is 32.2. The second-order valence-electron chi connectivity index (χ2n) is 17.1. The summed E-state index contributed by atoms with van der Waals surface area (Å²) in [6, 6.07) is 50.1. The van der Waals surface area contributed by atoms with Gasteiger partial charge in [0, 0.05) is 20.9 Å². The van der Waals surface area contributed by atoms with Crippen LogP contribution in [-0.2, 0) is 10.9 Å². The Balaban J connectivity index is 0.000000236. The van der Waals surface area contributed by atoms with Crippen LogP contribution < -0.4 is 40.8 Å². The van der Waals surface area contributed by atoms with Gasteiger partial charge in [-0.05, 0) is 136 Å². The van der Waals surface area contributed by atoms with Crippen molar-refractivity contribution < 1.29 is 71.6 Å².